The molecule has 11 heavy (non-hydrogen) atoms. The summed E-state index contributed by atoms with van der Waals surface area (Å²) in [5, 5.41) is 0. The van der Waals surface area contributed by atoms with Crippen LogP contribution in [0.1, 0.15) is 26.7 Å². The van der Waals surface area contributed by atoms with Crippen molar-refractivity contribution in [2.75, 3.05) is 19.8 Å². The molecule has 2 atom stereocenters. The first-order chi connectivity index (χ1) is 5.36. The summed E-state index contributed by atoms with van der Waals surface area (Å²) in [6, 6.07) is 0. The van der Waals surface area contributed by atoms with E-state index in [0.717, 1.165) is 25.7 Å². The molecular weight excluding hydrogens is 140 g/mol. The van der Waals surface area contributed by atoms with Gasteiger partial charge in [0, 0.05) is 13.2 Å². The van der Waals surface area contributed by atoms with Crippen molar-refractivity contribution in [3.63, 3.8) is 0 Å². The van der Waals surface area contributed by atoms with Gasteiger partial charge in [-0.25, -0.2) is 0 Å². The first kappa shape index (κ1) is 9.01. The summed E-state index contributed by atoms with van der Waals surface area (Å²) in [6.07, 6.45) is 2.80. The molecule has 2 nitrogen and oxygen atoms in total. The SMILES string of the molecule is CCOC[C@@H]1C[C@@H](CC)CO1. The first-order valence-corrected chi connectivity index (χ1v) is 4.56. The molecule has 0 aromatic rings. The monoisotopic (exact) mass is 158 g/mol. The van der Waals surface area contributed by atoms with Crippen LogP contribution in [0.4, 0.5) is 0 Å². The molecular formula is C9H18O2. The molecule has 0 aromatic carbocycles. The third-order valence-electron chi connectivity index (χ3n) is 2.25. The molecule has 0 aliphatic carbocycles. The van der Waals surface area contributed by atoms with Crippen molar-refractivity contribution >= 4 is 0 Å². The van der Waals surface area contributed by atoms with Crippen LogP contribution < -0.4 is 0 Å². The van der Waals surface area contributed by atoms with Crippen LogP contribution >= 0.6 is 0 Å². The number of hydrogen-bond acceptors (Lipinski definition) is 2. The smallest absolute Gasteiger partial charge is 0.0812 e. The van der Waals surface area contributed by atoms with Crippen LogP contribution in [-0.2, 0) is 9.47 Å². The molecule has 0 N–H and O–H groups in total. The van der Waals surface area contributed by atoms with Crippen LogP contribution in [-0.4, -0.2) is 25.9 Å². The Labute approximate surface area is 68.9 Å². The lowest BCUT2D eigenvalue weighted by atomic mass is 10.0. The van der Waals surface area contributed by atoms with Gasteiger partial charge in [-0.3, -0.25) is 0 Å². The van der Waals surface area contributed by atoms with Crippen LogP contribution in [0, 0.1) is 5.92 Å². The lowest BCUT2D eigenvalue weighted by Gasteiger charge is -2.07. The number of ether oxygens (including phenoxy) is 2. The Hall–Kier alpha value is -0.0800. The van der Waals surface area contributed by atoms with Crippen molar-refractivity contribution in [1.29, 1.82) is 0 Å². The van der Waals surface area contributed by atoms with Gasteiger partial charge < -0.3 is 9.47 Å². The van der Waals surface area contributed by atoms with Crippen LogP contribution in [0.15, 0.2) is 0 Å². The molecule has 1 fully saturated rings. The fraction of sp³-hybridized carbons (Fsp3) is 1.00. The van der Waals surface area contributed by atoms with Gasteiger partial charge in [0.2, 0.25) is 0 Å². The van der Waals surface area contributed by atoms with Crippen molar-refractivity contribution in [2.24, 2.45) is 5.92 Å². The van der Waals surface area contributed by atoms with E-state index in [0.29, 0.717) is 6.10 Å². The first-order valence-electron chi connectivity index (χ1n) is 4.56. The van der Waals surface area contributed by atoms with Gasteiger partial charge in [-0.2, -0.15) is 0 Å². The number of rotatable bonds is 4. The third-order valence-corrected chi connectivity index (χ3v) is 2.25. The van der Waals surface area contributed by atoms with Gasteiger partial charge in [0.25, 0.3) is 0 Å². The Morgan fingerprint density at radius 3 is 2.82 bits per heavy atom. The molecule has 1 aliphatic rings. The molecule has 1 saturated heterocycles. The van der Waals surface area contributed by atoms with Crippen molar-refractivity contribution in [1.82, 2.24) is 0 Å². The second-order valence-electron chi connectivity index (χ2n) is 3.12. The Balaban J connectivity index is 2.09. The van der Waals surface area contributed by atoms with E-state index in [1.54, 1.807) is 0 Å². The highest BCUT2D eigenvalue weighted by atomic mass is 16.5. The van der Waals surface area contributed by atoms with Gasteiger partial charge in [0.1, 0.15) is 0 Å². The lowest BCUT2D eigenvalue weighted by Crippen LogP contribution is -2.13. The van der Waals surface area contributed by atoms with Crippen LogP contribution in [0.5, 0.6) is 0 Å². The van der Waals surface area contributed by atoms with Crippen molar-refractivity contribution in [3.05, 3.63) is 0 Å². The molecule has 1 rings (SSSR count). The molecule has 1 aliphatic heterocycles. The Bertz CT molecular complexity index is 104. The van der Waals surface area contributed by atoms with Crippen LogP contribution in [0.25, 0.3) is 0 Å². The van der Waals surface area contributed by atoms with E-state index in [9.17, 15) is 0 Å². The second kappa shape index (κ2) is 4.73. The third kappa shape index (κ3) is 2.80. The predicted octanol–water partition coefficient (Wildman–Crippen LogP) is 1.84. The fourth-order valence-electron chi connectivity index (χ4n) is 1.43. The standard InChI is InChI=1S/C9H18O2/c1-3-8-5-9(11-6-8)7-10-4-2/h8-9H,3-7H2,1-2H3/t8-,9+/m1/s1. The van der Waals surface area contributed by atoms with Crippen LogP contribution in [0.3, 0.4) is 0 Å². The maximum Gasteiger partial charge on any atom is 0.0812 e. The Kier molecular flexibility index (Phi) is 3.87. The normalized spacial score (nSPS) is 31.1. The largest absolute Gasteiger partial charge is 0.379 e. The quantitative estimate of drug-likeness (QED) is 0.621. The molecule has 0 amide bonds. The zero-order chi connectivity index (χ0) is 8.10. The van der Waals surface area contributed by atoms with E-state index in [1.807, 2.05) is 6.92 Å². The molecule has 0 aromatic heterocycles. The molecule has 0 bridgehead atoms. The molecule has 0 radical (unpaired) electrons. The molecule has 2 heteroatoms. The minimum atomic E-state index is 0.375. The van der Waals surface area contributed by atoms with Crippen molar-refractivity contribution < 1.29 is 9.47 Å². The van der Waals surface area contributed by atoms with Gasteiger partial charge in [-0.1, -0.05) is 13.3 Å². The van der Waals surface area contributed by atoms with Crippen molar-refractivity contribution in [2.45, 2.75) is 32.8 Å². The van der Waals surface area contributed by atoms with E-state index >= 15 is 0 Å². The minimum absolute atomic E-state index is 0.375. The van der Waals surface area contributed by atoms with E-state index in [-0.39, 0.29) is 0 Å². The summed E-state index contributed by atoms with van der Waals surface area (Å²) in [7, 11) is 0. The maximum atomic E-state index is 5.53. The van der Waals surface area contributed by atoms with Gasteiger partial charge in [0.15, 0.2) is 0 Å². The van der Waals surface area contributed by atoms with Gasteiger partial charge in [0.05, 0.1) is 12.7 Å². The minimum Gasteiger partial charge on any atom is -0.379 e. The number of hydrogen-bond donors (Lipinski definition) is 0. The maximum absolute atomic E-state index is 5.53. The van der Waals surface area contributed by atoms with Gasteiger partial charge in [-0.05, 0) is 19.3 Å². The van der Waals surface area contributed by atoms with Crippen molar-refractivity contribution in [3.8, 4) is 0 Å². The summed E-state index contributed by atoms with van der Waals surface area (Å²) in [6.45, 7) is 6.77. The van der Waals surface area contributed by atoms with E-state index in [1.165, 1.54) is 12.8 Å². The molecule has 0 spiro atoms. The van der Waals surface area contributed by atoms with Gasteiger partial charge >= 0.3 is 0 Å². The lowest BCUT2D eigenvalue weighted by molar-refractivity contribution is 0.0209. The average Bonchev–Trinajstić information content (AvgIpc) is 2.48. The summed E-state index contributed by atoms with van der Waals surface area (Å²) in [5.41, 5.74) is 0. The highest BCUT2D eigenvalue weighted by Gasteiger charge is 2.23. The summed E-state index contributed by atoms with van der Waals surface area (Å²) >= 11 is 0. The summed E-state index contributed by atoms with van der Waals surface area (Å²) in [4.78, 5) is 0. The van der Waals surface area contributed by atoms with E-state index in [4.69, 9.17) is 9.47 Å². The average molecular weight is 158 g/mol. The van der Waals surface area contributed by atoms with Gasteiger partial charge in [-0.15, -0.1) is 0 Å². The highest BCUT2D eigenvalue weighted by molar-refractivity contribution is 4.71. The van der Waals surface area contributed by atoms with E-state index < -0.39 is 0 Å². The molecule has 66 valence electrons. The predicted molar refractivity (Wildman–Crippen MR) is 44.6 cm³/mol. The molecule has 0 saturated carbocycles. The second-order valence-corrected chi connectivity index (χ2v) is 3.12. The molecule has 1 heterocycles. The zero-order valence-corrected chi connectivity index (χ0v) is 7.51. The van der Waals surface area contributed by atoms with Crippen LogP contribution in [0.2, 0.25) is 0 Å². The zero-order valence-electron chi connectivity index (χ0n) is 7.51. The summed E-state index contributed by atoms with van der Waals surface area (Å²) in [5.74, 6) is 0.778. The topological polar surface area (TPSA) is 18.5 Å². The Morgan fingerprint density at radius 1 is 1.45 bits per heavy atom. The Morgan fingerprint density at radius 2 is 2.27 bits per heavy atom. The molecule has 0 unspecified atom stereocenters. The fourth-order valence-corrected chi connectivity index (χ4v) is 1.43. The highest BCUT2D eigenvalue weighted by Crippen LogP contribution is 2.21. The van der Waals surface area contributed by atoms with E-state index in [2.05, 4.69) is 6.92 Å². The summed E-state index contributed by atoms with van der Waals surface area (Å²) < 4.78 is 10.8.